The molecule has 0 unspecified atom stereocenters. The predicted octanol–water partition coefficient (Wildman–Crippen LogP) is 9.73. The van der Waals surface area contributed by atoms with Crippen molar-refractivity contribution in [1.82, 2.24) is 25.2 Å². The molecule has 7 rings (SSSR count). The van der Waals surface area contributed by atoms with Gasteiger partial charge in [-0.15, -0.1) is 5.54 Å². The second-order valence-electron chi connectivity index (χ2n) is 19.1. The third-order valence-corrected chi connectivity index (χ3v) is 19.3. The van der Waals surface area contributed by atoms with E-state index in [0.717, 1.165) is 19.4 Å². The number of carbonyl (C=O) groups is 1. The Morgan fingerprint density at radius 1 is 1.03 bits per heavy atom. The highest BCUT2D eigenvalue weighted by Gasteiger charge is 2.49. The SMILES string of the molecule is COCOc1cc(-c2ncc3c(N4CC[C@H](NC(=O)OC(C)(C)C)C4)nc(OC[C@@]45CCCN4C[C@H](F)C5)nc3c2F)c2c(C#C[Si](C(C)C)(C(C)C)C(C)C)c(F)ccc2c1. The normalized spacial score (nSPS) is 20.7. The second kappa shape index (κ2) is 17.8. The van der Waals surface area contributed by atoms with E-state index in [1.807, 2.05) is 4.90 Å². The molecule has 0 spiro atoms. The highest BCUT2D eigenvalue weighted by atomic mass is 28.3. The molecule has 3 atom stereocenters. The van der Waals surface area contributed by atoms with Crippen LogP contribution in [0.15, 0.2) is 30.5 Å². The topological polar surface area (TPSA) is 111 Å². The van der Waals surface area contributed by atoms with Crippen LogP contribution in [0, 0.1) is 23.1 Å². The predicted molar refractivity (Wildman–Crippen MR) is 239 cm³/mol. The Labute approximate surface area is 364 Å². The number of amides is 1. The number of fused-ring (bicyclic) bond motifs is 3. The van der Waals surface area contributed by atoms with Crippen LogP contribution in [0.1, 0.15) is 93.6 Å². The Balaban J connectivity index is 1.38. The molecule has 5 heterocycles. The van der Waals surface area contributed by atoms with Crippen LogP contribution in [0.5, 0.6) is 11.8 Å². The smallest absolute Gasteiger partial charge is 0.407 e. The molecule has 3 fully saturated rings. The van der Waals surface area contributed by atoms with Crippen molar-refractivity contribution in [3.05, 3.63) is 47.7 Å². The molecule has 2 aromatic heterocycles. The lowest BCUT2D eigenvalue weighted by atomic mass is 9.95. The number of benzene rings is 2. The highest BCUT2D eigenvalue weighted by molar-refractivity contribution is 6.90. The molecule has 334 valence electrons. The monoisotopic (exact) mass is 874 g/mol. The fraction of sp³-hybridized carbons (Fsp3) is 0.574. The Kier molecular flexibility index (Phi) is 13.1. The second-order valence-corrected chi connectivity index (χ2v) is 24.7. The molecule has 0 aliphatic carbocycles. The van der Waals surface area contributed by atoms with E-state index >= 15 is 8.78 Å². The summed E-state index contributed by atoms with van der Waals surface area (Å²) in [7, 11) is -0.819. The zero-order valence-corrected chi connectivity index (χ0v) is 38.8. The Morgan fingerprint density at radius 2 is 1.77 bits per heavy atom. The number of pyridine rings is 1. The van der Waals surface area contributed by atoms with Crippen LogP contribution < -0.4 is 19.7 Å². The maximum absolute atomic E-state index is 17.7. The number of halogens is 3. The number of aromatic nitrogens is 3. The van der Waals surface area contributed by atoms with Crippen LogP contribution in [0.4, 0.5) is 23.8 Å². The van der Waals surface area contributed by atoms with Crippen molar-refractivity contribution < 1.29 is 36.9 Å². The summed E-state index contributed by atoms with van der Waals surface area (Å²) < 4.78 is 71.7. The number of anilines is 1. The molecule has 1 N–H and O–H groups in total. The van der Waals surface area contributed by atoms with Gasteiger partial charge in [-0.3, -0.25) is 9.88 Å². The molecule has 0 bridgehead atoms. The molecule has 0 saturated carbocycles. The van der Waals surface area contributed by atoms with E-state index in [2.05, 4.69) is 68.2 Å². The molecule has 3 aliphatic rings. The van der Waals surface area contributed by atoms with E-state index in [0.29, 0.717) is 76.8 Å². The first-order valence-corrected chi connectivity index (χ1v) is 24.1. The van der Waals surface area contributed by atoms with E-state index in [-0.39, 0.29) is 47.8 Å². The first kappa shape index (κ1) is 45.4. The number of ether oxygens (including phenoxy) is 4. The van der Waals surface area contributed by atoms with Crippen molar-refractivity contribution in [3.63, 3.8) is 0 Å². The molecular weight excluding hydrogens is 814 g/mol. The summed E-state index contributed by atoms with van der Waals surface area (Å²) in [6, 6.07) is 6.07. The zero-order chi connectivity index (χ0) is 44.7. The van der Waals surface area contributed by atoms with E-state index in [1.165, 1.54) is 19.4 Å². The molecule has 1 amide bonds. The third kappa shape index (κ3) is 8.92. The maximum Gasteiger partial charge on any atom is 0.407 e. The average Bonchev–Trinajstić information content (AvgIpc) is 3.90. The van der Waals surface area contributed by atoms with Gasteiger partial charge in [0.1, 0.15) is 55.0 Å². The largest absolute Gasteiger partial charge is 0.468 e. The molecule has 2 aromatic carbocycles. The summed E-state index contributed by atoms with van der Waals surface area (Å²) >= 11 is 0. The lowest BCUT2D eigenvalue weighted by Gasteiger charge is -2.38. The van der Waals surface area contributed by atoms with Gasteiger partial charge in [-0.1, -0.05) is 53.5 Å². The number of methoxy groups -OCH3 is 1. The van der Waals surface area contributed by atoms with Gasteiger partial charge < -0.3 is 29.2 Å². The summed E-state index contributed by atoms with van der Waals surface area (Å²) in [5.41, 5.74) is 3.68. The number of carbonyl (C=O) groups excluding carboxylic acids is 1. The number of rotatable bonds is 12. The summed E-state index contributed by atoms with van der Waals surface area (Å²) in [6.07, 6.45) is 2.64. The van der Waals surface area contributed by atoms with Crippen LogP contribution >= 0.6 is 0 Å². The molecule has 3 saturated heterocycles. The summed E-state index contributed by atoms with van der Waals surface area (Å²) in [4.78, 5) is 31.1. The molecule has 0 radical (unpaired) electrons. The van der Waals surface area contributed by atoms with Gasteiger partial charge in [-0.25, -0.2) is 18.0 Å². The van der Waals surface area contributed by atoms with Gasteiger partial charge in [0.05, 0.1) is 22.5 Å². The number of alkyl carbamates (subject to hydrolysis) is 1. The first-order chi connectivity index (χ1) is 29.4. The van der Waals surface area contributed by atoms with Gasteiger partial charge >= 0.3 is 12.1 Å². The van der Waals surface area contributed by atoms with Crippen LogP contribution in [-0.2, 0) is 9.47 Å². The van der Waals surface area contributed by atoms with Gasteiger partial charge in [0, 0.05) is 50.3 Å². The van der Waals surface area contributed by atoms with Crippen molar-refractivity contribution in [2.24, 2.45) is 0 Å². The summed E-state index contributed by atoms with van der Waals surface area (Å²) in [5.74, 6) is 2.77. The molecule has 62 heavy (non-hydrogen) atoms. The van der Waals surface area contributed by atoms with Crippen LogP contribution in [-0.4, -0.2) is 104 Å². The van der Waals surface area contributed by atoms with Crippen molar-refractivity contribution >= 4 is 41.7 Å². The van der Waals surface area contributed by atoms with Gasteiger partial charge in [-0.2, -0.15) is 9.97 Å². The lowest BCUT2D eigenvalue weighted by molar-refractivity contribution is 0.0506. The van der Waals surface area contributed by atoms with E-state index < -0.39 is 43.1 Å². The third-order valence-electron chi connectivity index (χ3n) is 13.0. The Bertz CT molecular complexity index is 2360. The van der Waals surface area contributed by atoms with Gasteiger partial charge in [0.15, 0.2) is 12.6 Å². The number of hydrogen-bond acceptors (Lipinski definition) is 10. The van der Waals surface area contributed by atoms with Crippen molar-refractivity contribution in [2.75, 3.05) is 51.6 Å². The summed E-state index contributed by atoms with van der Waals surface area (Å²) in [6.45, 7) is 20.6. The number of nitrogens with one attached hydrogen (secondary N) is 1. The number of hydrogen-bond donors (Lipinski definition) is 1. The average molecular weight is 875 g/mol. The van der Waals surface area contributed by atoms with Crippen molar-refractivity contribution in [2.45, 2.75) is 128 Å². The summed E-state index contributed by atoms with van der Waals surface area (Å²) in [5, 5.41) is 4.26. The Morgan fingerprint density at radius 3 is 2.47 bits per heavy atom. The van der Waals surface area contributed by atoms with E-state index in [4.69, 9.17) is 28.9 Å². The first-order valence-electron chi connectivity index (χ1n) is 21.9. The fourth-order valence-electron chi connectivity index (χ4n) is 10.2. The van der Waals surface area contributed by atoms with Crippen LogP contribution in [0.3, 0.4) is 0 Å². The Hall–Kier alpha value is -4.65. The minimum absolute atomic E-state index is 0.0552. The van der Waals surface area contributed by atoms with E-state index in [1.54, 1.807) is 39.0 Å². The molecule has 3 aliphatic heterocycles. The minimum atomic E-state index is -2.32. The lowest BCUT2D eigenvalue weighted by Crippen LogP contribution is -2.43. The highest BCUT2D eigenvalue weighted by Crippen LogP contribution is 2.44. The van der Waals surface area contributed by atoms with Crippen molar-refractivity contribution in [3.8, 4) is 34.5 Å². The zero-order valence-electron chi connectivity index (χ0n) is 37.8. The number of alkyl halides is 1. The minimum Gasteiger partial charge on any atom is -0.468 e. The molecule has 11 nitrogen and oxygen atoms in total. The quantitative estimate of drug-likeness (QED) is 0.0840. The molecule has 15 heteroatoms. The molecule has 4 aromatic rings. The van der Waals surface area contributed by atoms with E-state index in [9.17, 15) is 9.18 Å². The maximum atomic E-state index is 17.7. The standard InChI is InChI=1S/C47H61F3N6O5Si/c1-28(2)62(29(3)4,30(5)6)19-15-35-38(49)13-12-31-20-34(60-27-58-10)21-36(39(31)35)41-40(50)42-37(23-51-41)43(55-18-14-33(25-55)52-45(57)61-46(7,8)9)54-44(53-42)59-26-47-16-11-17-56(47)24-32(48)22-47/h12-13,20-21,23,28-30,32-33H,11,14,16-18,22,24-27H2,1-10H3,(H,52,57)/t32-,33+,47+/m1/s1. The van der Waals surface area contributed by atoms with Gasteiger partial charge in [0.25, 0.3) is 0 Å². The van der Waals surface area contributed by atoms with Crippen LogP contribution in [0.25, 0.3) is 32.9 Å². The van der Waals surface area contributed by atoms with Gasteiger partial charge in [0.2, 0.25) is 0 Å². The molecular formula is C47H61F3N6O5Si. The fourth-order valence-corrected chi connectivity index (χ4v) is 15.5. The number of nitrogens with zero attached hydrogens (tertiary/aromatic N) is 5. The van der Waals surface area contributed by atoms with Crippen molar-refractivity contribution in [1.29, 1.82) is 0 Å². The van der Waals surface area contributed by atoms with Gasteiger partial charge in [-0.05, 0) is 86.8 Å². The van der Waals surface area contributed by atoms with Crippen LogP contribution in [0.2, 0.25) is 16.6 Å².